The zero-order chi connectivity index (χ0) is 18.4. The van der Waals surface area contributed by atoms with Crippen molar-refractivity contribution < 1.29 is 23.8 Å². The van der Waals surface area contributed by atoms with E-state index < -0.39 is 23.2 Å². The van der Waals surface area contributed by atoms with Crippen molar-refractivity contribution in [3.05, 3.63) is 45.4 Å². The number of halogens is 2. The third kappa shape index (κ3) is 2.73. The first-order chi connectivity index (χ1) is 11.8. The van der Waals surface area contributed by atoms with E-state index in [1.54, 1.807) is 24.1 Å². The van der Waals surface area contributed by atoms with Crippen molar-refractivity contribution in [1.82, 2.24) is 10.0 Å². The van der Waals surface area contributed by atoms with Gasteiger partial charge in [0, 0.05) is 6.54 Å². The van der Waals surface area contributed by atoms with Gasteiger partial charge in [-0.2, -0.15) is 0 Å². The number of hydrogen-bond donors (Lipinski definition) is 1. The molecule has 1 atom stereocenters. The molecule has 8 heteroatoms. The number of carbonyl (C=O) groups is 2. The normalized spacial score (nSPS) is 23.8. The van der Waals surface area contributed by atoms with Crippen molar-refractivity contribution >= 4 is 27.8 Å². The Kier molecular flexibility index (Phi) is 4.59. The van der Waals surface area contributed by atoms with E-state index in [1.807, 2.05) is 0 Å². The number of aliphatic hydroxyl groups excluding tert-OH is 1. The maximum Gasteiger partial charge on any atom is 0.347 e. The summed E-state index contributed by atoms with van der Waals surface area (Å²) in [6, 6.07) is 4.57. The molecule has 1 aromatic rings. The summed E-state index contributed by atoms with van der Waals surface area (Å²) in [4.78, 5) is 24.9. The molecule has 0 aromatic heterocycles. The lowest BCUT2D eigenvalue weighted by Gasteiger charge is -2.46. The molecule has 0 radical (unpaired) electrons. The molecule has 1 N–H and O–H groups in total. The first-order valence-corrected chi connectivity index (χ1v) is 8.65. The van der Waals surface area contributed by atoms with Gasteiger partial charge >= 0.3 is 5.97 Å². The highest BCUT2D eigenvalue weighted by Crippen LogP contribution is 2.42. The van der Waals surface area contributed by atoms with Gasteiger partial charge in [-0.1, -0.05) is 12.1 Å². The van der Waals surface area contributed by atoms with Gasteiger partial charge in [0.1, 0.15) is 11.6 Å². The topological polar surface area (TPSA) is 70.1 Å². The quantitative estimate of drug-likeness (QED) is 0.610. The predicted octanol–water partition coefficient (Wildman–Crippen LogP) is 2.69. The molecule has 6 nitrogen and oxygen atoms in total. The zero-order valence-electron chi connectivity index (χ0n) is 13.9. The number of benzene rings is 1. The number of nitrogens with zero attached hydrogens (tertiary/aromatic N) is 2. The SMILES string of the molecule is COC(=O)C1=C(O)[C@@]2(C)CCCN2N(Cc2cccc(F)c2Br)C1=O. The van der Waals surface area contributed by atoms with E-state index in [-0.39, 0.29) is 22.3 Å². The average molecular weight is 413 g/mol. The maximum atomic E-state index is 13.8. The Hall–Kier alpha value is -1.93. The molecule has 2 aliphatic rings. The van der Waals surface area contributed by atoms with E-state index in [1.165, 1.54) is 11.1 Å². The summed E-state index contributed by atoms with van der Waals surface area (Å²) in [6.45, 7) is 2.40. The molecule has 1 fully saturated rings. The summed E-state index contributed by atoms with van der Waals surface area (Å²) in [5.74, 6) is -2.23. The van der Waals surface area contributed by atoms with Crippen LogP contribution in [0.5, 0.6) is 0 Å². The van der Waals surface area contributed by atoms with Gasteiger partial charge in [0.15, 0.2) is 5.57 Å². The van der Waals surface area contributed by atoms with E-state index >= 15 is 0 Å². The third-order valence-electron chi connectivity index (χ3n) is 4.83. The minimum Gasteiger partial charge on any atom is -0.509 e. The van der Waals surface area contributed by atoms with Gasteiger partial charge < -0.3 is 9.84 Å². The number of amides is 1. The Bertz CT molecular complexity index is 782. The number of esters is 1. The second-order valence-electron chi connectivity index (χ2n) is 6.29. The summed E-state index contributed by atoms with van der Waals surface area (Å²) >= 11 is 3.20. The average Bonchev–Trinajstić information content (AvgIpc) is 2.98. The number of ether oxygens (including phenoxy) is 1. The van der Waals surface area contributed by atoms with Crippen molar-refractivity contribution in [3.63, 3.8) is 0 Å². The first-order valence-electron chi connectivity index (χ1n) is 7.85. The standard InChI is InChI=1S/C17H18BrFN2O4/c1-17-7-4-8-21(17)20(9-10-5-3-6-11(19)13(10)18)15(23)12(14(17)22)16(24)25-2/h3,5-6,22H,4,7-9H2,1-2H3/t17-/m1/s1. The van der Waals surface area contributed by atoms with Gasteiger partial charge in [-0.3, -0.25) is 9.80 Å². The molecule has 2 heterocycles. The minimum atomic E-state index is -0.876. The van der Waals surface area contributed by atoms with Crippen LogP contribution in [-0.2, 0) is 20.9 Å². The molecule has 25 heavy (non-hydrogen) atoms. The second kappa shape index (κ2) is 6.42. The van der Waals surface area contributed by atoms with Gasteiger partial charge in [0.05, 0.1) is 23.7 Å². The number of fused-ring (bicyclic) bond motifs is 1. The predicted molar refractivity (Wildman–Crippen MR) is 90.7 cm³/mol. The van der Waals surface area contributed by atoms with Gasteiger partial charge in [0.25, 0.3) is 5.91 Å². The van der Waals surface area contributed by atoms with E-state index in [9.17, 15) is 19.1 Å². The maximum absolute atomic E-state index is 13.8. The number of methoxy groups -OCH3 is 1. The first kappa shape index (κ1) is 17.9. The van der Waals surface area contributed by atoms with Crippen molar-refractivity contribution in [2.24, 2.45) is 0 Å². The summed E-state index contributed by atoms with van der Waals surface area (Å²) in [7, 11) is 1.16. The van der Waals surface area contributed by atoms with Gasteiger partial charge in [-0.15, -0.1) is 0 Å². The lowest BCUT2D eigenvalue weighted by molar-refractivity contribution is -0.163. The molecule has 0 spiro atoms. The zero-order valence-corrected chi connectivity index (χ0v) is 15.5. The highest BCUT2D eigenvalue weighted by Gasteiger charge is 2.53. The summed E-state index contributed by atoms with van der Waals surface area (Å²) in [5.41, 5.74) is -0.666. The van der Waals surface area contributed by atoms with Crippen LogP contribution in [0.3, 0.4) is 0 Å². The molecular weight excluding hydrogens is 395 g/mol. The van der Waals surface area contributed by atoms with Crippen LogP contribution in [0.2, 0.25) is 0 Å². The Morgan fingerprint density at radius 3 is 2.88 bits per heavy atom. The molecule has 2 aliphatic heterocycles. The van der Waals surface area contributed by atoms with Crippen LogP contribution in [0.15, 0.2) is 34.0 Å². The molecule has 3 rings (SSSR count). The molecule has 1 aromatic carbocycles. The number of rotatable bonds is 3. The number of hydrazine groups is 1. The van der Waals surface area contributed by atoms with Gasteiger partial charge in [0.2, 0.25) is 0 Å². The molecule has 1 amide bonds. The molecule has 134 valence electrons. The van der Waals surface area contributed by atoms with Crippen LogP contribution in [0, 0.1) is 5.82 Å². The molecular formula is C17H18BrFN2O4. The lowest BCUT2D eigenvalue weighted by Crippen LogP contribution is -2.60. The van der Waals surface area contributed by atoms with Crippen LogP contribution in [-0.4, -0.2) is 46.2 Å². The van der Waals surface area contributed by atoms with Crippen LogP contribution < -0.4 is 0 Å². The summed E-state index contributed by atoms with van der Waals surface area (Å²) < 4.78 is 18.7. The Balaban J connectivity index is 2.06. The Labute approximate surface area is 152 Å². The fourth-order valence-corrected chi connectivity index (χ4v) is 3.85. The Morgan fingerprint density at radius 1 is 1.48 bits per heavy atom. The number of aliphatic hydroxyl groups is 1. The van der Waals surface area contributed by atoms with Crippen LogP contribution in [0.25, 0.3) is 0 Å². The fraction of sp³-hybridized carbons (Fsp3) is 0.412. The highest BCUT2D eigenvalue weighted by molar-refractivity contribution is 9.10. The molecule has 0 saturated carbocycles. The Morgan fingerprint density at radius 2 is 2.20 bits per heavy atom. The second-order valence-corrected chi connectivity index (χ2v) is 7.08. The monoisotopic (exact) mass is 412 g/mol. The van der Waals surface area contributed by atoms with Crippen LogP contribution >= 0.6 is 15.9 Å². The van der Waals surface area contributed by atoms with Crippen LogP contribution in [0.1, 0.15) is 25.3 Å². The molecule has 1 saturated heterocycles. The van der Waals surface area contributed by atoms with E-state index in [0.717, 1.165) is 13.5 Å². The van der Waals surface area contributed by atoms with E-state index in [4.69, 9.17) is 0 Å². The summed E-state index contributed by atoms with van der Waals surface area (Å²) in [5, 5.41) is 13.7. The molecule has 0 bridgehead atoms. The number of hydrogen-bond acceptors (Lipinski definition) is 5. The third-order valence-corrected chi connectivity index (χ3v) is 5.72. The van der Waals surface area contributed by atoms with Crippen molar-refractivity contribution in [1.29, 1.82) is 0 Å². The summed E-state index contributed by atoms with van der Waals surface area (Å²) in [6.07, 6.45) is 1.34. The minimum absolute atomic E-state index is 0.0700. The van der Waals surface area contributed by atoms with E-state index in [2.05, 4.69) is 20.7 Å². The van der Waals surface area contributed by atoms with Crippen molar-refractivity contribution in [2.75, 3.05) is 13.7 Å². The van der Waals surface area contributed by atoms with Crippen LogP contribution in [0.4, 0.5) is 4.39 Å². The van der Waals surface area contributed by atoms with Crippen molar-refractivity contribution in [2.45, 2.75) is 31.8 Å². The van der Waals surface area contributed by atoms with Crippen molar-refractivity contribution in [3.8, 4) is 0 Å². The lowest BCUT2D eigenvalue weighted by atomic mass is 9.91. The van der Waals surface area contributed by atoms with Gasteiger partial charge in [-0.05, 0) is 47.3 Å². The molecule has 0 unspecified atom stereocenters. The van der Waals surface area contributed by atoms with E-state index in [0.29, 0.717) is 18.5 Å². The largest absolute Gasteiger partial charge is 0.509 e. The highest BCUT2D eigenvalue weighted by atomic mass is 79.9. The molecule has 0 aliphatic carbocycles. The van der Waals surface area contributed by atoms with Gasteiger partial charge in [-0.25, -0.2) is 14.2 Å². The fourth-order valence-electron chi connectivity index (χ4n) is 3.46. The smallest absolute Gasteiger partial charge is 0.347 e. The number of carbonyl (C=O) groups excluding carboxylic acids is 2.